The molecule has 4 aliphatic rings. The third-order valence-electron chi connectivity index (χ3n) is 4.90. The van der Waals surface area contributed by atoms with E-state index in [1.54, 1.807) is 11.0 Å². The fourth-order valence-electron chi connectivity index (χ4n) is 4.04. The van der Waals surface area contributed by atoms with Crippen molar-refractivity contribution in [3.05, 3.63) is 12.2 Å². The maximum atomic E-state index is 12.5. The minimum Gasteiger partial charge on any atom is -0.550 e. The van der Waals surface area contributed by atoms with Gasteiger partial charge in [-0.15, -0.1) is 0 Å². The summed E-state index contributed by atoms with van der Waals surface area (Å²) in [4.78, 5) is 25.5. The van der Waals surface area contributed by atoms with E-state index in [0.29, 0.717) is 13.1 Å². The van der Waals surface area contributed by atoms with Crippen LogP contribution in [0.3, 0.4) is 0 Å². The van der Waals surface area contributed by atoms with E-state index in [1.807, 2.05) is 6.08 Å². The molecule has 4 aliphatic heterocycles. The summed E-state index contributed by atoms with van der Waals surface area (Å²) in [6.45, 7) is 1.69. The number of ether oxygens (including phenoxy) is 2. The summed E-state index contributed by atoms with van der Waals surface area (Å²) in [6, 6.07) is 0. The second-order valence-electron chi connectivity index (χ2n) is 6.07. The number of hydrogen-bond donors (Lipinski definition) is 0. The first-order valence-corrected chi connectivity index (χ1v) is 7.09. The Hall–Kier alpha value is -1.40. The molecular formula is C14H16NO5-. The van der Waals surface area contributed by atoms with Crippen LogP contribution in [0.25, 0.3) is 0 Å². The van der Waals surface area contributed by atoms with Crippen LogP contribution in [0.15, 0.2) is 12.2 Å². The second kappa shape index (κ2) is 4.05. The highest BCUT2D eigenvalue weighted by Gasteiger charge is 2.65. The van der Waals surface area contributed by atoms with Gasteiger partial charge in [0.1, 0.15) is 5.60 Å². The van der Waals surface area contributed by atoms with Gasteiger partial charge in [0.2, 0.25) is 5.91 Å². The second-order valence-corrected chi connectivity index (χ2v) is 6.07. The fraction of sp³-hybridized carbons (Fsp3) is 0.714. The number of nitrogens with zero attached hydrogens (tertiary/aromatic N) is 1. The number of fused-ring (bicyclic) bond motifs is 1. The zero-order valence-electron chi connectivity index (χ0n) is 11.0. The van der Waals surface area contributed by atoms with Crippen molar-refractivity contribution >= 4 is 11.9 Å². The maximum absolute atomic E-state index is 12.5. The lowest BCUT2D eigenvalue weighted by Crippen LogP contribution is -2.45. The van der Waals surface area contributed by atoms with Crippen LogP contribution in [0.1, 0.15) is 12.8 Å². The molecule has 1 spiro atoms. The molecule has 4 heterocycles. The minimum absolute atomic E-state index is 0.0664. The summed E-state index contributed by atoms with van der Waals surface area (Å²) in [5.41, 5.74) is -0.759. The van der Waals surface area contributed by atoms with Gasteiger partial charge in [0, 0.05) is 25.0 Å². The molecular weight excluding hydrogens is 262 g/mol. The van der Waals surface area contributed by atoms with Gasteiger partial charge in [-0.05, 0) is 12.8 Å². The van der Waals surface area contributed by atoms with Gasteiger partial charge >= 0.3 is 0 Å². The smallest absolute Gasteiger partial charge is 0.229 e. The highest BCUT2D eigenvalue weighted by molar-refractivity contribution is 5.90. The van der Waals surface area contributed by atoms with Crippen molar-refractivity contribution in [2.75, 3.05) is 19.7 Å². The predicted molar refractivity (Wildman–Crippen MR) is 64.3 cm³/mol. The van der Waals surface area contributed by atoms with E-state index in [0.717, 1.165) is 19.4 Å². The Labute approximate surface area is 116 Å². The van der Waals surface area contributed by atoms with Crippen LogP contribution < -0.4 is 5.11 Å². The molecule has 108 valence electrons. The van der Waals surface area contributed by atoms with Crippen molar-refractivity contribution < 1.29 is 24.2 Å². The molecule has 0 N–H and O–H groups in total. The normalized spacial score (nSPS) is 45.4. The maximum Gasteiger partial charge on any atom is 0.229 e. The number of likely N-dealkylation sites (tertiary alicyclic amines) is 1. The van der Waals surface area contributed by atoms with E-state index in [1.165, 1.54) is 0 Å². The van der Waals surface area contributed by atoms with E-state index in [2.05, 4.69) is 0 Å². The molecule has 0 unspecified atom stereocenters. The van der Waals surface area contributed by atoms with Gasteiger partial charge in [0.25, 0.3) is 0 Å². The van der Waals surface area contributed by atoms with E-state index in [9.17, 15) is 14.7 Å². The van der Waals surface area contributed by atoms with Crippen molar-refractivity contribution in [2.24, 2.45) is 11.8 Å². The molecule has 4 rings (SSSR count). The number of aliphatic carboxylic acids is 1. The molecule has 6 heteroatoms. The van der Waals surface area contributed by atoms with Gasteiger partial charge in [-0.2, -0.15) is 0 Å². The number of amides is 1. The van der Waals surface area contributed by atoms with E-state index >= 15 is 0 Å². The summed E-state index contributed by atoms with van der Waals surface area (Å²) >= 11 is 0. The predicted octanol–water partition coefficient (Wildman–Crippen LogP) is -1.30. The first-order chi connectivity index (χ1) is 9.61. The number of rotatable bonds is 3. The van der Waals surface area contributed by atoms with Gasteiger partial charge < -0.3 is 24.3 Å². The van der Waals surface area contributed by atoms with Crippen LogP contribution in [-0.4, -0.2) is 54.3 Å². The topological polar surface area (TPSA) is 78.9 Å². The Morgan fingerprint density at radius 1 is 1.55 bits per heavy atom. The van der Waals surface area contributed by atoms with Gasteiger partial charge in [-0.25, -0.2) is 0 Å². The third kappa shape index (κ3) is 1.52. The molecule has 2 bridgehead atoms. The van der Waals surface area contributed by atoms with Crippen molar-refractivity contribution in [2.45, 2.75) is 30.7 Å². The Bertz CT molecular complexity index is 498. The summed E-state index contributed by atoms with van der Waals surface area (Å²) in [5, 5.41) is 11.3. The first-order valence-electron chi connectivity index (χ1n) is 7.09. The van der Waals surface area contributed by atoms with Crippen molar-refractivity contribution in [3.8, 4) is 0 Å². The molecule has 3 fully saturated rings. The van der Waals surface area contributed by atoms with Gasteiger partial charge in [0.05, 0.1) is 24.7 Å². The average Bonchev–Trinajstić information content (AvgIpc) is 3.12. The van der Waals surface area contributed by atoms with E-state index in [-0.39, 0.29) is 12.0 Å². The summed E-state index contributed by atoms with van der Waals surface area (Å²) in [6.07, 6.45) is 5.12. The third-order valence-corrected chi connectivity index (χ3v) is 4.90. The van der Waals surface area contributed by atoms with Gasteiger partial charge in [0.15, 0.2) is 0 Å². The Kier molecular flexibility index (Phi) is 2.50. The number of carbonyl (C=O) groups is 2. The van der Waals surface area contributed by atoms with Crippen molar-refractivity contribution in [3.63, 3.8) is 0 Å². The quantitative estimate of drug-likeness (QED) is 0.599. The average molecular weight is 278 g/mol. The van der Waals surface area contributed by atoms with E-state index < -0.39 is 29.5 Å². The lowest BCUT2D eigenvalue weighted by molar-refractivity contribution is -0.313. The van der Waals surface area contributed by atoms with Gasteiger partial charge in [-0.1, -0.05) is 12.2 Å². The lowest BCUT2D eigenvalue weighted by Gasteiger charge is -2.25. The molecule has 6 nitrogen and oxygen atoms in total. The number of carbonyl (C=O) groups excluding carboxylic acids is 2. The van der Waals surface area contributed by atoms with Crippen molar-refractivity contribution in [1.82, 2.24) is 4.90 Å². The minimum atomic E-state index is -1.20. The van der Waals surface area contributed by atoms with Crippen LogP contribution in [0.2, 0.25) is 0 Å². The van der Waals surface area contributed by atoms with Crippen LogP contribution in [0, 0.1) is 11.8 Å². The van der Waals surface area contributed by atoms with Crippen LogP contribution in [0.5, 0.6) is 0 Å². The molecule has 0 radical (unpaired) electrons. The molecule has 0 saturated carbocycles. The monoisotopic (exact) mass is 278 g/mol. The molecule has 5 atom stereocenters. The molecule has 0 aromatic carbocycles. The first kappa shape index (κ1) is 12.3. The fourth-order valence-corrected chi connectivity index (χ4v) is 4.04. The zero-order chi connectivity index (χ0) is 13.9. The Morgan fingerprint density at radius 3 is 3.10 bits per heavy atom. The molecule has 20 heavy (non-hydrogen) atoms. The van der Waals surface area contributed by atoms with E-state index in [4.69, 9.17) is 9.47 Å². The summed E-state index contributed by atoms with van der Waals surface area (Å²) in [5.74, 6) is -2.83. The molecule has 0 aliphatic carbocycles. The SMILES string of the molecule is O=C([O-])[C@H]1[C@H]2C=C[C@]3(CN(C[C@@H]4CCCO4)C(=O)[C@@H]13)O2. The van der Waals surface area contributed by atoms with Crippen LogP contribution in [-0.2, 0) is 19.1 Å². The number of carboxylic acids is 1. The van der Waals surface area contributed by atoms with Crippen LogP contribution in [0.4, 0.5) is 0 Å². The lowest BCUT2D eigenvalue weighted by atomic mass is 9.77. The highest BCUT2D eigenvalue weighted by Crippen LogP contribution is 2.51. The summed E-state index contributed by atoms with van der Waals surface area (Å²) < 4.78 is 11.3. The van der Waals surface area contributed by atoms with Crippen LogP contribution >= 0.6 is 0 Å². The molecule has 3 saturated heterocycles. The number of carboxylic acid groups (broad SMARTS) is 1. The largest absolute Gasteiger partial charge is 0.550 e. The highest BCUT2D eigenvalue weighted by atomic mass is 16.5. The molecule has 0 aromatic rings. The van der Waals surface area contributed by atoms with Crippen molar-refractivity contribution in [1.29, 1.82) is 0 Å². The van der Waals surface area contributed by atoms with Gasteiger partial charge in [-0.3, -0.25) is 4.79 Å². The standard InChI is InChI=1S/C14H17NO5/c16-12-11-10(13(17)18)9-3-4-14(11,20-9)7-15(12)6-8-2-1-5-19-8/h3-4,8-11H,1-2,5-7H2,(H,17,18)/p-1/t8-,9+,10-,11+,14+/m0/s1. The summed E-state index contributed by atoms with van der Waals surface area (Å²) in [7, 11) is 0. The Morgan fingerprint density at radius 2 is 2.40 bits per heavy atom. The Balaban J connectivity index is 1.58. The molecule has 0 aromatic heterocycles. The molecule has 1 amide bonds. The zero-order valence-corrected chi connectivity index (χ0v) is 11.0. The number of hydrogen-bond acceptors (Lipinski definition) is 5.